The monoisotopic (exact) mass is 180 g/mol. The average Bonchev–Trinajstić information content (AvgIpc) is 2.71. The smallest absolute Gasteiger partial charge is 0.155 e. The maximum Gasteiger partial charge on any atom is 0.155 e. The SMILES string of the molecule is O=C1C=C(CCC2CCCO2)CC1. The summed E-state index contributed by atoms with van der Waals surface area (Å²) < 4.78 is 5.53. The standard InChI is InChI=1S/C11H16O2/c12-10-5-3-9(8-10)4-6-11-2-1-7-13-11/h8,11H,1-7H2. The van der Waals surface area contributed by atoms with Crippen LogP contribution in [0.15, 0.2) is 11.6 Å². The van der Waals surface area contributed by atoms with Crippen LogP contribution in [0.25, 0.3) is 0 Å². The van der Waals surface area contributed by atoms with E-state index in [-0.39, 0.29) is 0 Å². The summed E-state index contributed by atoms with van der Waals surface area (Å²) in [5.74, 6) is 0.308. The number of carbonyl (C=O) groups excluding carboxylic acids is 1. The Balaban J connectivity index is 1.73. The largest absolute Gasteiger partial charge is 0.378 e. The molecule has 1 unspecified atom stereocenters. The van der Waals surface area contributed by atoms with Gasteiger partial charge in [-0.05, 0) is 38.2 Å². The third kappa shape index (κ3) is 2.41. The molecule has 1 aliphatic carbocycles. The molecule has 2 heteroatoms. The second kappa shape index (κ2) is 4.05. The van der Waals surface area contributed by atoms with Crippen molar-refractivity contribution in [2.45, 2.75) is 44.6 Å². The molecule has 2 rings (SSSR count). The fourth-order valence-corrected chi connectivity index (χ4v) is 2.07. The van der Waals surface area contributed by atoms with Crippen molar-refractivity contribution in [3.05, 3.63) is 11.6 Å². The lowest BCUT2D eigenvalue weighted by Crippen LogP contribution is -2.04. The van der Waals surface area contributed by atoms with E-state index in [9.17, 15) is 4.79 Å². The highest BCUT2D eigenvalue weighted by molar-refractivity contribution is 5.92. The topological polar surface area (TPSA) is 26.3 Å². The van der Waals surface area contributed by atoms with Crippen molar-refractivity contribution in [3.63, 3.8) is 0 Å². The zero-order chi connectivity index (χ0) is 9.10. The second-order valence-corrected chi connectivity index (χ2v) is 3.94. The van der Waals surface area contributed by atoms with Gasteiger partial charge in [0.15, 0.2) is 5.78 Å². The highest BCUT2D eigenvalue weighted by atomic mass is 16.5. The van der Waals surface area contributed by atoms with Crippen LogP contribution in [0.2, 0.25) is 0 Å². The highest BCUT2D eigenvalue weighted by Crippen LogP contribution is 2.24. The molecule has 0 aromatic heterocycles. The summed E-state index contributed by atoms with van der Waals surface area (Å²) in [5.41, 5.74) is 1.33. The molecular formula is C11H16O2. The van der Waals surface area contributed by atoms with E-state index in [2.05, 4.69) is 0 Å². The van der Waals surface area contributed by atoms with E-state index in [0.29, 0.717) is 11.9 Å². The lowest BCUT2D eigenvalue weighted by atomic mass is 10.1. The molecule has 2 aliphatic rings. The van der Waals surface area contributed by atoms with Gasteiger partial charge in [0.2, 0.25) is 0 Å². The lowest BCUT2D eigenvalue weighted by molar-refractivity contribution is -0.114. The van der Waals surface area contributed by atoms with Crippen molar-refractivity contribution in [2.24, 2.45) is 0 Å². The van der Waals surface area contributed by atoms with Gasteiger partial charge < -0.3 is 4.74 Å². The average molecular weight is 180 g/mol. The van der Waals surface area contributed by atoms with Crippen LogP contribution in [-0.2, 0) is 9.53 Å². The summed E-state index contributed by atoms with van der Waals surface area (Å²) in [4.78, 5) is 10.9. The summed E-state index contributed by atoms with van der Waals surface area (Å²) >= 11 is 0. The van der Waals surface area contributed by atoms with Gasteiger partial charge in [0, 0.05) is 13.0 Å². The zero-order valence-electron chi connectivity index (χ0n) is 7.92. The van der Waals surface area contributed by atoms with Crippen LogP contribution in [0, 0.1) is 0 Å². The maximum absolute atomic E-state index is 10.9. The Hall–Kier alpha value is -0.630. The molecule has 0 bridgehead atoms. The molecule has 0 aromatic rings. The number of hydrogen-bond donors (Lipinski definition) is 0. The molecule has 0 amide bonds. The van der Waals surface area contributed by atoms with Gasteiger partial charge in [-0.2, -0.15) is 0 Å². The first-order chi connectivity index (χ1) is 6.34. The van der Waals surface area contributed by atoms with E-state index in [1.165, 1.54) is 18.4 Å². The molecule has 72 valence electrons. The first kappa shape index (κ1) is 8.95. The number of hydrogen-bond acceptors (Lipinski definition) is 2. The van der Waals surface area contributed by atoms with Crippen LogP contribution < -0.4 is 0 Å². The minimum absolute atomic E-state index is 0.308. The van der Waals surface area contributed by atoms with Crippen LogP contribution in [0.5, 0.6) is 0 Å². The van der Waals surface area contributed by atoms with Crippen LogP contribution >= 0.6 is 0 Å². The number of ether oxygens (including phenoxy) is 1. The molecule has 13 heavy (non-hydrogen) atoms. The summed E-state index contributed by atoms with van der Waals surface area (Å²) in [6, 6.07) is 0. The predicted octanol–water partition coefficient (Wildman–Crippen LogP) is 2.23. The molecule has 1 heterocycles. The van der Waals surface area contributed by atoms with Gasteiger partial charge in [0.05, 0.1) is 6.10 Å². The normalized spacial score (nSPS) is 28.2. The molecule has 0 aromatic carbocycles. The third-order valence-corrected chi connectivity index (χ3v) is 2.87. The number of allylic oxidation sites excluding steroid dienone is 2. The zero-order valence-corrected chi connectivity index (χ0v) is 7.92. The van der Waals surface area contributed by atoms with Crippen LogP contribution in [-0.4, -0.2) is 18.5 Å². The first-order valence-corrected chi connectivity index (χ1v) is 5.18. The van der Waals surface area contributed by atoms with Gasteiger partial charge in [-0.25, -0.2) is 0 Å². The van der Waals surface area contributed by atoms with Gasteiger partial charge in [0.25, 0.3) is 0 Å². The van der Waals surface area contributed by atoms with Gasteiger partial charge in [0.1, 0.15) is 0 Å². The van der Waals surface area contributed by atoms with Crippen molar-refractivity contribution in [2.75, 3.05) is 6.61 Å². The van der Waals surface area contributed by atoms with Crippen molar-refractivity contribution in [1.82, 2.24) is 0 Å². The molecule has 1 atom stereocenters. The molecule has 0 saturated carbocycles. The Morgan fingerprint density at radius 2 is 2.38 bits per heavy atom. The Kier molecular flexibility index (Phi) is 2.79. The Morgan fingerprint density at radius 1 is 1.46 bits per heavy atom. The number of carbonyl (C=O) groups is 1. The van der Waals surface area contributed by atoms with Gasteiger partial charge in [-0.1, -0.05) is 5.57 Å². The van der Waals surface area contributed by atoms with E-state index < -0.39 is 0 Å². The van der Waals surface area contributed by atoms with Crippen LogP contribution in [0.4, 0.5) is 0 Å². The van der Waals surface area contributed by atoms with Crippen LogP contribution in [0.3, 0.4) is 0 Å². The summed E-state index contributed by atoms with van der Waals surface area (Å²) in [6.45, 7) is 0.933. The predicted molar refractivity (Wildman–Crippen MR) is 50.5 cm³/mol. The van der Waals surface area contributed by atoms with Gasteiger partial charge in [-0.15, -0.1) is 0 Å². The summed E-state index contributed by atoms with van der Waals surface area (Å²) in [7, 11) is 0. The van der Waals surface area contributed by atoms with Crippen LogP contribution in [0.1, 0.15) is 38.5 Å². The van der Waals surface area contributed by atoms with E-state index >= 15 is 0 Å². The fraction of sp³-hybridized carbons (Fsp3) is 0.727. The quantitative estimate of drug-likeness (QED) is 0.665. The molecule has 0 spiro atoms. The Morgan fingerprint density at radius 3 is 3.00 bits per heavy atom. The first-order valence-electron chi connectivity index (χ1n) is 5.18. The molecule has 1 saturated heterocycles. The second-order valence-electron chi connectivity index (χ2n) is 3.94. The van der Waals surface area contributed by atoms with E-state index in [1.807, 2.05) is 6.08 Å². The van der Waals surface area contributed by atoms with Crippen molar-refractivity contribution in [3.8, 4) is 0 Å². The van der Waals surface area contributed by atoms with Crippen molar-refractivity contribution in [1.29, 1.82) is 0 Å². The highest BCUT2D eigenvalue weighted by Gasteiger charge is 2.17. The molecule has 1 aliphatic heterocycles. The maximum atomic E-state index is 10.9. The molecule has 1 fully saturated rings. The molecule has 0 N–H and O–H groups in total. The van der Waals surface area contributed by atoms with E-state index in [0.717, 1.165) is 32.3 Å². The third-order valence-electron chi connectivity index (χ3n) is 2.87. The lowest BCUT2D eigenvalue weighted by Gasteiger charge is -2.08. The fourth-order valence-electron chi connectivity index (χ4n) is 2.07. The Labute approximate surface area is 79.0 Å². The van der Waals surface area contributed by atoms with E-state index in [1.54, 1.807) is 0 Å². The Bertz CT molecular complexity index is 224. The molecule has 0 radical (unpaired) electrons. The minimum Gasteiger partial charge on any atom is -0.378 e. The minimum atomic E-state index is 0.308. The van der Waals surface area contributed by atoms with Gasteiger partial charge >= 0.3 is 0 Å². The summed E-state index contributed by atoms with van der Waals surface area (Å²) in [6.07, 6.45) is 8.62. The summed E-state index contributed by atoms with van der Waals surface area (Å²) in [5, 5.41) is 0. The van der Waals surface area contributed by atoms with Gasteiger partial charge in [-0.3, -0.25) is 4.79 Å². The van der Waals surface area contributed by atoms with E-state index in [4.69, 9.17) is 4.74 Å². The number of ketones is 1. The van der Waals surface area contributed by atoms with Crippen molar-refractivity contribution >= 4 is 5.78 Å². The molecular weight excluding hydrogens is 164 g/mol. The van der Waals surface area contributed by atoms with Crippen molar-refractivity contribution < 1.29 is 9.53 Å². The molecule has 2 nitrogen and oxygen atoms in total. The number of rotatable bonds is 3.